The first-order valence-corrected chi connectivity index (χ1v) is 6.46. The van der Waals surface area contributed by atoms with Crippen LogP contribution in [0.15, 0.2) is 30.9 Å². The predicted octanol–water partition coefficient (Wildman–Crippen LogP) is 3.47. The molecule has 1 rings (SSSR count). The zero-order valence-electron chi connectivity index (χ0n) is 11.4. The summed E-state index contributed by atoms with van der Waals surface area (Å²) in [6.45, 7) is 7.68. The summed E-state index contributed by atoms with van der Waals surface area (Å²) in [5, 5.41) is 12.0. The van der Waals surface area contributed by atoms with Crippen LogP contribution in [0.3, 0.4) is 0 Å². The highest BCUT2D eigenvalue weighted by molar-refractivity contribution is 6.31. The first kappa shape index (κ1) is 16.0. The van der Waals surface area contributed by atoms with Gasteiger partial charge in [0.05, 0.1) is 11.3 Å². The topological polar surface area (TPSA) is 69.6 Å². The van der Waals surface area contributed by atoms with Crippen molar-refractivity contribution < 1.29 is 14.7 Å². The molecule has 1 aromatic rings. The van der Waals surface area contributed by atoms with Gasteiger partial charge >= 0.3 is 12.0 Å². The van der Waals surface area contributed by atoms with E-state index in [-0.39, 0.29) is 17.3 Å². The lowest BCUT2D eigenvalue weighted by atomic mass is 10.2. The van der Waals surface area contributed by atoms with E-state index in [1.807, 2.05) is 13.8 Å². The minimum atomic E-state index is -1.13. The number of carboxylic acids is 1. The van der Waals surface area contributed by atoms with Crippen LogP contribution in [-0.4, -0.2) is 34.6 Å². The summed E-state index contributed by atoms with van der Waals surface area (Å²) < 4.78 is 0. The number of benzene rings is 1. The number of nitrogens with one attached hydrogen (secondary N) is 1. The van der Waals surface area contributed by atoms with Crippen molar-refractivity contribution in [1.29, 1.82) is 0 Å². The van der Waals surface area contributed by atoms with E-state index in [1.165, 1.54) is 23.1 Å². The molecule has 2 amide bonds. The molecule has 0 aliphatic carbocycles. The Balaban J connectivity index is 3.02. The van der Waals surface area contributed by atoms with Crippen LogP contribution < -0.4 is 5.32 Å². The molecule has 0 saturated carbocycles. The van der Waals surface area contributed by atoms with Crippen LogP contribution in [0.5, 0.6) is 0 Å². The number of carbonyl (C=O) groups excluding carboxylic acids is 1. The Labute approximate surface area is 122 Å². The summed E-state index contributed by atoms with van der Waals surface area (Å²) in [5.74, 6) is -1.13. The van der Waals surface area contributed by atoms with Gasteiger partial charge < -0.3 is 15.3 Å². The van der Waals surface area contributed by atoms with E-state index >= 15 is 0 Å². The predicted molar refractivity (Wildman–Crippen MR) is 79.5 cm³/mol. The van der Waals surface area contributed by atoms with E-state index in [0.717, 1.165) is 0 Å². The zero-order chi connectivity index (χ0) is 15.3. The van der Waals surface area contributed by atoms with E-state index in [9.17, 15) is 9.59 Å². The van der Waals surface area contributed by atoms with Crippen LogP contribution in [0.1, 0.15) is 24.2 Å². The van der Waals surface area contributed by atoms with Gasteiger partial charge in [0.15, 0.2) is 0 Å². The third kappa shape index (κ3) is 3.99. The second-order valence-corrected chi connectivity index (χ2v) is 4.90. The maximum absolute atomic E-state index is 12.2. The van der Waals surface area contributed by atoms with Crippen molar-refractivity contribution in [2.75, 3.05) is 11.9 Å². The monoisotopic (exact) mass is 296 g/mol. The van der Waals surface area contributed by atoms with Gasteiger partial charge in [0.1, 0.15) is 0 Å². The molecule has 0 saturated heterocycles. The highest BCUT2D eigenvalue weighted by Gasteiger charge is 2.18. The highest BCUT2D eigenvalue weighted by Crippen LogP contribution is 2.21. The van der Waals surface area contributed by atoms with E-state index in [1.54, 1.807) is 6.08 Å². The van der Waals surface area contributed by atoms with Gasteiger partial charge in [-0.05, 0) is 32.0 Å². The van der Waals surface area contributed by atoms with Gasteiger partial charge in [-0.15, -0.1) is 6.58 Å². The second kappa shape index (κ2) is 6.96. The fraction of sp³-hybridized carbons (Fsp3) is 0.286. The van der Waals surface area contributed by atoms with Crippen molar-refractivity contribution >= 4 is 29.3 Å². The molecule has 6 heteroatoms. The van der Waals surface area contributed by atoms with Gasteiger partial charge in [0, 0.05) is 17.6 Å². The number of carboxylic acid groups (broad SMARTS) is 1. The Morgan fingerprint density at radius 2 is 2.15 bits per heavy atom. The molecular weight excluding hydrogens is 280 g/mol. The number of hydrogen-bond acceptors (Lipinski definition) is 2. The Morgan fingerprint density at radius 1 is 1.50 bits per heavy atom. The number of halogens is 1. The number of rotatable bonds is 5. The zero-order valence-corrected chi connectivity index (χ0v) is 12.1. The maximum atomic E-state index is 12.2. The molecule has 2 N–H and O–H groups in total. The number of amides is 2. The number of carbonyl (C=O) groups is 2. The SMILES string of the molecule is C=CCN(C(=O)Nc1cc(Cl)ccc1C(=O)O)C(C)C. The lowest BCUT2D eigenvalue weighted by molar-refractivity contribution is 0.0698. The molecule has 20 heavy (non-hydrogen) atoms. The van der Waals surface area contributed by atoms with Gasteiger partial charge in [0.2, 0.25) is 0 Å². The van der Waals surface area contributed by atoms with Gasteiger partial charge in [-0.25, -0.2) is 9.59 Å². The Kier molecular flexibility index (Phi) is 5.58. The molecule has 0 heterocycles. The summed E-state index contributed by atoms with van der Waals surface area (Å²) >= 11 is 5.83. The third-order valence-corrected chi connectivity index (χ3v) is 2.90. The highest BCUT2D eigenvalue weighted by atomic mass is 35.5. The normalized spacial score (nSPS) is 10.2. The quantitative estimate of drug-likeness (QED) is 0.817. The van der Waals surface area contributed by atoms with Gasteiger partial charge in [-0.3, -0.25) is 0 Å². The molecule has 0 spiro atoms. The number of nitrogens with zero attached hydrogens (tertiary/aromatic N) is 1. The first-order chi connectivity index (χ1) is 9.36. The minimum Gasteiger partial charge on any atom is -0.478 e. The molecule has 0 aromatic heterocycles. The summed E-state index contributed by atoms with van der Waals surface area (Å²) in [7, 11) is 0. The van der Waals surface area contributed by atoms with E-state index in [0.29, 0.717) is 11.6 Å². The molecule has 0 atom stereocenters. The number of hydrogen-bond donors (Lipinski definition) is 2. The number of aromatic carboxylic acids is 1. The van der Waals surface area contributed by atoms with Crippen LogP contribution in [0.4, 0.5) is 10.5 Å². The van der Waals surface area contributed by atoms with E-state index in [2.05, 4.69) is 11.9 Å². The van der Waals surface area contributed by atoms with Crippen molar-refractivity contribution in [3.05, 3.63) is 41.4 Å². The molecule has 0 bridgehead atoms. The third-order valence-electron chi connectivity index (χ3n) is 2.66. The molecule has 0 unspecified atom stereocenters. The second-order valence-electron chi connectivity index (χ2n) is 4.46. The molecule has 108 valence electrons. The Morgan fingerprint density at radius 3 is 2.65 bits per heavy atom. The summed E-state index contributed by atoms with van der Waals surface area (Å²) in [4.78, 5) is 24.8. The lowest BCUT2D eigenvalue weighted by Gasteiger charge is -2.26. The Hall–Kier alpha value is -2.01. The van der Waals surface area contributed by atoms with Gasteiger partial charge in [0.25, 0.3) is 0 Å². The largest absolute Gasteiger partial charge is 0.478 e. The maximum Gasteiger partial charge on any atom is 0.337 e. The van der Waals surface area contributed by atoms with Crippen molar-refractivity contribution in [3.8, 4) is 0 Å². The van der Waals surface area contributed by atoms with Crippen molar-refractivity contribution in [2.24, 2.45) is 0 Å². The molecule has 0 radical (unpaired) electrons. The minimum absolute atomic E-state index is 0.00920. The average Bonchev–Trinajstić information content (AvgIpc) is 2.34. The van der Waals surface area contributed by atoms with Gasteiger partial charge in [-0.1, -0.05) is 17.7 Å². The molecule has 0 aliphatic heterocycles. The molecule has 0 aliphatic rings. The van der Waals surface area contributed by atoms with Crippen molar-refractivity contribution in [1.82, 2.24) is 4.90 Å². The summed E-state index contributed by atoms with van der Waals surface area (Å²) in [6.07, 6.45) is 1.61. The van der Waals surface area contributed by atoms with E-state index < -0.39 is 12.0 Å². The Bertz CT molecular complexity index is 529. The fourth-order valence-corrected chi connectivity index (χ4v) is 1.83. The van der Waals surface area contributed by atoms with Crippen LogP contribution in [0.2, 0.25) is 5.02 Å². The van der Waals surface area contributed by atoms with Crippen LogP contribution in [-0.2, 0) is 0 Å². The fourth-order valence-electron chi connectivity index (χ4n) is 1.66. The first-order valence-electron chi connectivity index (χ1n) is 6.08. The molecule has 5 nitrogen and oxygen atoms in total. The van der Waals surface area contributed by atoms with Crippen molar-refractivity contribution in [3.63, 3.8) is 0 Å². The smallest absolute Gasteiger partial charge is 0.337 e. The standard InChI is InChI=1S/C14H17ClN2O3/c1-4-7-17(9(2)3)14(20)16-12-8-10(15)5-6-11(12)13(18)19/h4-6,8-9H,1,7H2,2-3H3,(H,16,20)(H,18,19). The summed E-state index contributed by atoms with van der Waals surface area (Å²) in [5.41, 5.74) is 0.162. The van der Waals surface area contributed by atoms with Crippen LogP contribution in [0, 0.1) is 0 Å². The molecular formula is C14H17ClN2O3. The van der Waals surface area contributed by atoms with Crippen molar-refractivity contribution in [2.45, 2.75) is 19.9 Å². The molecule has 1 aromatic carbocycles. The average molecular weight is 297 g/mol. The van der Waals surface area contributed by atoms with Crippen LogP contribution in [0.25, 0.3) is 0 Å². The lowest BCUT2D eigenvalue weighted by Crippen LogP contribution is -2.40. The summed E-state index contributed by atoms with van der Waals surface area (Å²) in [6, 6.07) is 3.79. The number of anilines is 1. The van der Waals surface area contributed by atoms with Gasteiger partial charge in [-0.2, -0.15) is 0 Å². The van der Waals surface area contributed by atoms with E-state index in [4.69, 9.17) is 16.7 Å². The number of urea groups is 1. The molecule has 0 fully saturated rings. The van der Waals surface area contributed by atoms with Crippen LogP contribution >= 0.6 is 11.6 Å².